The van der Waals surface area contributed by atoms with Crippen LogP contribution in [-0.4, -0.2) is 17.1 Å². The van der Waals surface area contributed by atoms with Crippen LogP contribution in [0.1, 0.15) is 25.7 Å². The van der Waals surface area contributed by atoms with Crippen LogP contribution in [0.3, 0.4) is 0 Å². The minimum absolute atomic E-state index is 0.148. The van der Waals surface area contributed by atoms with Crippen LogP contribution in [0.2, 0.25) is 0 Å². The Kier molecular flexibility index (Phi) is 3.59. The van der Waals surface area contributed by atoms with Gasteiger partial charge in [-0.1, -0.05) is 30.3 Å². The van der Waals surface area contributed by atoms with Crippen molar-refractivity contribution >= 4 is 22.4 Å². The van der Waals surface area contributed by atoms with Crippen LogP contribution >= 0.6 is 0 Å². The first-order valence-electron chi connectivity index (χ1n) is 7.20. The second-order valence-corrected chi connectivity index (χ2v) is 5.59. The summed E-state index contributed by atoms with van der Waals surface area (Å²) in [6.07, 6.45) is 3.43. The lowest BCUT2D eigenvalue weighted by Gasteiger charge is -2.27. The third-order valence-electron chi connectivity index (χ3n) is 4.20. The van der Waals surface area contributed by atoms with E-state index in [1.54, 1.807) is 0 Å². The maximum atomic E-state index is 10.9. The van der Waals surface area contributed by atoms with Crippen LogP contribution < -0.4 is 5.32 Å². The molecule has 0 spiro atoms. The summed E-state index contributed by atoms with van der Waals surface area (Å²) in [6, 6.07) is 15.1. The Morgan fingerprint density at radius 2 is 1.70 bits per heavy atom. The van der Waals surface area contributed by atoms with Crippen molar-refractivity contribution in [2.75, 3.05) is 5.32 Å². The zero-order valence-corrected chi connectivity index (χ0v) is 11.4. The molecule has 0 bridgehead atoms. The minimum Gasteiger partial charge on any atom is -0.481 e. The second kappa shape index (κ2) is 5.53. The first-order chi connectivity index (χ1) is 9.72. The van der Waals surface area contributed by atoms with Crippen molar-refractivity contribution in [3.8, 4) is 0 Å². The van der Waals surface area contributed by atoms with Gasteiger partial charge in [-0.05, 0) is 48.6 Å². The van der Waals surface area contributed by atoms with Gasteiger partial charge in [-0.25, -0.2) is 0 Å². The average molecular weight is 269 g/mol. The van der Waals surface area contributed by atoms with Gasteiger partial charge >= 0.3 is 5.97 Å². The average Bonchev–Trinajstić information content (AvgIpc) is 2.48. The van der Waals surface area contributed by atoms with E-state index in [0.717, 1.165) is 31.4 Å². The SMILES string of the molecule is O=C(O)C1CCC(Nc2ccc3ccccc3c2)CC1. The third-order valence-corrected chi connectivity index (χ3v) is 4.20. The van der Waals surface area contributed by atoms with Crippen molar-refractivity contribution in [3.63, 3.8) is 0 Å². The molecule has 0 aromatic heterocycles. The van der Waals surface area contributed by atoms with Crippen LogP contribution in [0.5, 0.6) is 0 Å². The Morgan fingerprint density at radius 3 is 2.40 bits per heavy atom. The lowest BCUT2D eigenvalue weighted by Crippen LogP contribution is -2.29. The summed E-state index contributed by atoms with van der Waals surface area (Å²) in [5, 5.41) is 15.0. The summed E-state index contributed by atoms with van der Waals surface area (Å²) in [7, 11) is 0. The summed E-state index contributed by atoms with van der Waals surface area (Å²) in [5.74, 6) is -0.793. The van der Waals surface area contributed by atoms with E-state index >= 15 is 0 Å². The number of rotatable bonds is 3. The predicted octanol–water partition coefficient (Wildman–Crippen LogP) is 3.90. The standard InChI is InChI=1S/C17H19NO2/c19-17(20)13-6-8-15(9-7-13)18-16-10-5-12-3-1-2-4-14(12)11-16/h1-5,10-11,13,15,18H,6-9H2,(H,19,20). The third kappa shape index (κ3) is 2.77. The van der Waals surface area contributed by atoms with E-state index in [1.807, 2.05) is 12.1 Å². The zero-order chi connectivity index (χ0) is 13.9. The molecule has 1 fully saturated rings. The molecule has 1 saturated carbocycles. The molecule has 1 aliphatic carbocycles. The summed E-state index contributed by atoms with van der Waals surface area (Å²) >= 11 is 0. The summed E-state index contributed by atoms with van der Waals surface area (Å²) in [4.78, 5) is 10.9. The fourth-order valence-electron chi connectivity index (χ4n) is 3.00. The van der Waals surface area contributed by atoms with E-state index in [4.69, 9.17) is 5.11 Å². The van der Waals surface area contributed by atoms with E-state index < -0.39 is 5.97 Å². The van der Waals surface area contributed by atoms with E-state index in [0.29, 0.717) is 6.04 Å². The van der Waals surface area contributed by atoms with Gasteiger partial charge in [0.2, 0.25) is 0 Å². The molecule has 0 heterocycles. The molecule has 0 aliphatic heterocycles. The van der Waals surface area contributed by atoms with Crippen molar-refractivity contribution in [1.82, 2.24) is 0 Å². The first-order valence-corrected chi connectivity index (χ1v) is 7.20. The van der Waals surface area contributed by atoms with Gasteiger partial charge in [0, 0.05) is 11.7 Å². The molecule has 104 valence electrons. The normalized spacial score (nSPS) is 22.6. The van der Waals surface area contributed by atoms with Crippen LogP contribution in [0.25, 0.3) is 10.8 Å². The quantitative estimate of drug-likeness (QED) is 0.888. The van der Waals surface area contributed by atoms with Gasteiger partial charge in [0.05, 0.1) is 5.92 Å². The highest BCUT2D eigenvalue weighted by atomic mass is 16.4. The van der Waals surface area contributed by atoms with Gasteiger partial charge in [-0.3, -0.25) is 4.79 Å². The minimum atomic E-state index is -0.644. The number of carboxylic acid groups (broad SMARTS) is 1. The first kappa shape index (κ1) is 13.0. The number of benzene rings is 2. The summed E-state index contributed by atoms with van der Waals surface area (Å²) in [6.45, 7) is 0. The highest BCUT2D eigenvalue weighted by molar-refractivity contribution is 5.85. The van der Waals surface area contributed by atoms with Gasteiger partial charge in [0.1, 0.15) is 0 Å². The monoisotopic (exact) mass is 269 g/mol. The zero-order valence-electron chi connectivity index (χ0n) is 11.4. The number of carbonyl (C=O) groups is 1. The maximum Gasteiger partial charge on any atom is 0.306 e. The molecule has 20 heavy (non-hydrogen) atoms. The van der Waals surface area contributed by atoms with Crippen LogP contribution in [-0.2, 0) is 4.79 Å². The number of anilines is 1. The smallest absolute Gasteiger partial charge is 0.306 e. The molecule has 3 heteroatoms. The van der Waals surface area contributed by atoms with Crippen LogP contribution in [0.4, 0.5) is 5.69 Å². The predicted molar refractivity (Wildman–Crippen MR) is 81.0 cm³/mol. The molecule has 2 aromatic carbocycles. The topological polar surface area (TPSA) is 49.3 Å². The van der Waals surface area contributed by atoms with Gasteiger partial charge in [-0.15, -0.1) is 0 Å². The molecule has 1 aliphatic rings. The molecular formula is C17H19NO2. The maximum absolute atomic E-state index is 10.9. The number of fused-ring (bicyclic) bond motifs is 1. The number of nitrogens with one attached hydrogen (secondary N) is 1. The van der Waals surface area contributed by atoms with Gasteiger partial charge in [-0.2, -0.15) is 0 Å². The van der Waals surface area contributed by atoms with E-state index in [2.05, 4.69) is 35.6 Å². The van der Waals surface area contributed by atoms with Crippen LogP contribution in [0, 0.1) is 5.92 Å². The van der Waals surface area contributed by atoms with Crippen LogP contribution in [0.15, 0.2) is 42.5 Å². The fraction of sp³-hybridized carbons (Fsp3) is 0.353. The lowest BCUT2D eigenvalue weighted by atomic mass is 9.86. The highest BCUT2D eigenvalue weighted by Crippen LogP contribution is 2.27. The molecular weight excluding hydrogens is 250 g/mol. The molecule has 3 rings (SSSR count). The van der Waals surface area contributed by atoms with Gasteiger partial charge in [0.15, 0.2) is 0 Å². The molecule has 0 amide bonds. The molecule has 2 N–H and O–H groups in total. The van der Waals surface area contributed by atoms with E-state index in [-0.39, 0.29) is 5.92 Å². The number of aliphatic carboxylic acids is 1. The molecule has 0 radical (unpaired) electrons. The summed E-state index contributed by atoms with van der Waals surface area (Å²) in [5.41, 5.74) is 1.13. The highest BCUT2D eigenvalue weighted by Gasteiger charge is 2.25. The van der Waals surface area contributed by atoms with E-state index in [9.17, 15) is 4.79 Å². The number of carboxylic acids is 1. The summed E-state index contributed by atoms with van der Waals surface area (Å²) < 4.78 is 0. The van der Waals surface area contributed by atoms with Crippen molar-refractivity contribution in [3.05, 3.63) is 42.5 Å². The van der Waals surface area contributed by atoms with Crippen molar-refractivity contribution in [1.29, 1.82) is 0 Å². The largest absolute Gasteiger partial charge is 0.481 e. The molecule has 2 aromatic rings. The Bertz CT molecular complexity index is 615. The Labute approximate surface area is 118 Å². The number of hydrogen-bond acceptors (Lipinski definition) is 2. The number of hydrogen-bond donors (Lipinski definition) is 2. The molecule has 0 atom stereocenters. The molecule has 3 nitrogen and oxygen atoms in total. The lowest BCUT2D eigenvalue weighted by molar-refractivity contribution is -0.142. The Morgan fingerprint density at radius 1 is 1.00 bits per heavy atom. The molecule has 0 saturated heterocycles. The molecule has 0 unspecified atom stereocenters. The Hall–Kier alpha value is -2.03. The van der Waals surface area contributed by atoms with Crippen molar-refractivity contribution in [2.45, 2.75) is 31.7 Å². The van der Waals surface area contributed by atoms with Crippen molar-refractivity contribution < 1.29 is 9.90 Å². The van der Waals surface area contributed by atoms with E-state index in [1.165, 1.54) is 10.8 Å². The Balaban J connectivity index is 1.66. The van der Waals surface area contributed by atoms with Gasteiger partial charge < -0.3 is 10.4 Å². The van der Waals surface area contributed by atoms with Gasteiger partial charge in [0.25, 0.3) is 0 Å². The second-order valence-electron chi connectivity index (χ2n) is 5.59. The van der Waals surface area contributed by atoms with Crippen molar-refractivity contribution in [2.24, 2.45) is 5.92 Å². The fourth-order valence-corrected chi connectivity index (χ4v) is 3.00.